The third-order valence-electron chi connectivity index (χ3n) is 2.32. The molecule has 0 aliphatic carbocycles. The maximum absolute atomic E-state index is 13.2. The van der Waals surface area contributed by atoms with Gasteiger partial charge < -0.3 is 4.74 Å². The molecule has 0 bridgehead atoms. The number of carbonyl (C=O) groups is 1. The molecule has 0 fully saturated rings. The number of halogens is 1. The Balaban J connectivity index is 1.88. The van der Waals surface area contributed by atoms with Gasteiger partial charge in [0.2, 0.25) is 0 Å². The van der Waals surface area contributed by atoms with Gasteiger partial charge in [0.05, 0.1) is 11.6 Å². The molecule has 94 valence electrons. The van der Waals surface area contributed by atoms with E-state index >= 15 is 0 Å². The first-order valence-corrected chi connectivity index (χ1v) is 6.37. The molecule has 0 spiro atoms. The second kappa shape index (κ2) is 5.73. The second-order valence-corrected chi connectivity index (χ2v) is 4.65. The van der Waals surface area contributed by atoms with Gasteiger partial charge in [-0.1, -0.05) is 12.1 Å². The van der Waals surface area contributed by atoms with Crippen LogP contribution in [0.4, 0.5) is 4.39 Å². The van der Waals surface area contributed by atoms with Gasteiger partial charge in [-0.2, -0.15) is 0 Å². The molecular weight excluding hydrogens is 253 g/mol. The number of nitrogens with zero attached hydrogens (tertiary/aromatic N) is 1. The van der Waals surface area contributed by atoms with Gasteiger partial charge in [-0.25, -0.2) is 9.37 Å². The Hall–Kier alpha value is -1.75. The van der Waals surface area contributed by atoms with Gasteiger partial charge in [0.1, 0.15) is 5.69 Å². The third-order valence-corrected chi connectivity index (χ3v) is 3.23. The lowest BCUT2D eigenvalue weighted by molar-refractivity contribution is 0.101. The van der Waals surface area contributed by atoms with E-state index in [4.69, 9.17) is 4.74 Å². The summed E-state index contributed by atoms with van der Waals surface area (Å²) in [6.45, 7) is 1.82. The molecular formula is C13H12FNO2S. The van der Waals surface area contributed by atoms with E-state index in [0.717, 1.165) is 5.01 Å². The molecule has 0 aliphatic rings. The molecule has 0 radical (unpaired) electrons. The minimum atomic E-state index is -0.374. The highest BCUT2D eigenvalue weighted by Crippen LogP contribution is 2.16. The number of rotatable bonds is 5. The molecule has 2 aromatic rings. The maximum atomic E-state index is 13.2. The first kappa shape index (κ1) is 12.7. The van der Waals surface area contributed by atoms with Gasteiger partial charge >= 0.3 is 0 Å². The summed E-state index contributed by atoms with van der Waals surface area (Å²) in [6.07, 6.45) is 0.562. The summed E-state index contributed by atoms with van der Waals surface area (Å²) in [5, 5.41) is 2.54. The van der Waals surface area contributed by atoms with Crippen LogP contribution in [0.3, 0.4) is 0 Å². The smallest absolute Gasteiger partial charge is 0.178 e. The SMILES string of the molecule is CC(=O)c1csc(CCOc2ccccc2F)n1. The van der Waals surface area contributed by atoms with Crippen molar-refractivity contribution in [2.75, 3.05) is 6.61 Å². The van der Waals surface area contributed by atoms with Crippen LogP contribution in [0.15, 0.2) is 29.6 Å². The zero-order chi connectivity index (χ0) is 13.0. The van der Waals surface area contributed by atoms with E-state index in [1.807, 2.05) is 0 Å². The van der Waals surface area contributed by atoms with Gasteiger partial charge in [0.25, 0.3) is 0 Å². The minimum absolute atomic E-state index is 0.0486. The third kappa shape index (κ3) is 3.13. The highest BCUT2D eigenvalue weighted by molar-refractivity contribution is 7.09. The normalized spacial score (nSPS) is 10.3. The Morgan fingerprint density at radius 2 is 2.22 bits per heavy atom. The van der Waals surface area contributed by atoms with Crippen molar-refractivity contribution in [1.29, 1.82) is 0 Å². The van der Waals surface area contributed by atoms with Crippen LogP contribution < -0.4 is 4.74 Å². The number of para-hydroxylation sites is 1. The highest BCUT2D eigenvalue weighted by atomic mass is 32.1. The molecule has 2 rings (SSSR count). The van der Waals surface area contributed by atoms with Crippen molar-refractivity contribution >= 4 is 17.1 Å². The Kier molecular flexibility index (Phi) is 4.04. The van der Waals surface area contributed by atoms with Crippen LogP contribution in [-0.2, 0) is 6.42 Å². The van der Waals surface area contributed by atoms with Gasteiger partial charge in [-0.15, -0.1) is 11.3 Å². The van der Waals surface area contributed by atoms with Crippen LogP contribution in [0.5, 0.6) is 5.75 Å². The fraction of sp³-hybridized carbons (Fsp3) is 0.231. The molecule has 0 N–H and O–H groups in total. The van der Waals surface area contributed by atoms with Crippen LogP contribution in [0.1, 0.15) is 22.4 Å². The summed E-state index contributed by atoms with van der Waals surface area (Å²) in [5.74, 6) is -0.186. The van der Waals surface area contributed by atoms with Gasteiger partial charge in [-0.3, -0.25) is 4.79 Å². The monoisotopic (exact) mass is 265 g/mol. The van der Waals surface area contributed by atoms with Gasteiger partial charge in [-0.05, 0) is 12.1 Å². The molecule has 0 atom stereocenters. The first-order chi connectivity index (χ1) is 8.66. The summed E-state index contributed by atoms with van der Waals surface area (Å²) in [7, 11) is 0. The van der Waals surface area contributed by atoms with E-state index in [0.29, 0.717) is 18.7 Å². The molecule has 0 unspecified atom stereocenters. The Bertz CT molecular complexity index is 553. The molecule has 18 heavy (non-hydrogen) atoms. The number of aromatic nitrogens is 1. The number of ether oxygens (including phenoxy) is 1. The zero-order valence-corrected chi connectivity index (χ0v) is 10.7. The highest BCUT2D eigenvalue weighted by Gasteiger charge is 2.07. The van der Waals surface area contributed by atoms with Gasteiger partial charge in [0.15, 0.2) is 17.3 Å². The lowest BCUT2D eigenvalue weighted by Crippen LogP contribution is -2.03. The average molecular weight is 265 g/mol. The molecule has 0 amide bonds. The lowest BCUT2D eigenvalue weighted by atomic mass is 10.3. The van der Waals surface area contributed by atoms with E-state index in [9.17, 15) is 9.18 Å². The van der Waals surface area contributed by atoms with E-state index in [1.165, 1.54) is 24.3 Å². The summed E-state index contributed by atoms with van der Waals surface area (Å²) in [5.41, 5.74) is 0.473. The van der Waals surface area contributed by atoms with Crippen molar-refractivity contribution in [3.8, 4) is 5.75 Å². The number of hydrogen-bond donors (Lipinski definition) is 0. The average Bonchev–Trinajstić information content (AvgIpc) is 2.80. The Labute approximate surface area is 108 Å². The predicted octanol–water partition coefficient (Wildman–Crippen LogP) is 3.11. The van der Waals surface area contributed by atoms with Crippen molar-refractivity contribution < 1.29 is 13.9 Å². The topological polar surface area (TPSA) is 39.2 Å². The standard InChI is InChI=1S/C13H12FNO2S/c1-9(16)11-8-18-13(15-11)6-7-17-12-5-3-2-4-10(12)14/h2-5,8H,6-7H2,1H3. The summed E-state index contributed by atoms with van der Waals surface area (Å²) >= 11 is 1.41. The summed E-state index contributed by atoms with van der Waals surface area (Å²) in [4.78, 5) is 15.2. The van der Waals surface area contributed by atoms with E-state index < -0.39 is 0 Å². The Morgan fingerprint density at radius 1 is 1.44 bits per heavy atom. The van der Waals surface area contributed by atoms with Crippen LogP contribution in [-0.4, -0.2) is 17.4 Å². The van der Waals surface area contributed by atoms with Crippen molar-refractivity contribution in [2.24, 2.45) is 0 Å². The predicted molar refractivity (Wildman–Crippen MR) is 67.7 cm³/mol. The van der Waals surface area contributed by atoms with Crippen molar-refractivity contribution in [3.63, 3.8) is 0 Å². The van der Waals surface area contributed by atoms with E-state index in [2.05, 4.69) is 4.98 Å². The van der Waals surface area contributed by atoms with Crippen LogP contribution in [0.2, 0.25) is 0 Å². The van der Waals surface area contributed by atoms with E-state index in [-0.39, 0.29) is 17.3 Å². The first-order valence-electron chi connectivity index (χ1n) is 5.49. The maximum Gasteiger partial charge on any atom is 0.178 e. The summed E-state index contributed by atoms with van der Waals surface area (Å²) in [6, 6.07) is 6.27. The molecule has 1 aromatic heterocycles. The molecule has 1 heterocycles. The van der Waals surface area contributed by atoms with Crippen molar-refractivity contribution in [2.45, 2.75) is 13.3 Å². The molecule has 0 saturated heterocycles. The number of hydrogen-bond acceptors (Lipinski definition) is 4. The quantitative estimate of drug-likeness (QED) is 0.780. The van der Waals surface area contributed by atoms with Gasteiger partial charge in [0, 0.05) is 18.7 Å². The fourth-order valence-electron chi connectivity index (χ4n) is 1.40. The number of carbonyl (C=O) groups excluding carboxylic acids is 1. The Morgan fingerprint density at radius 3 is 2.89 bits per heavy atom. The lowest BCUT2D eigenvalue weighted by Gasteiger charge is -2.05. The molecule has 3 nitrogen and oxygen atoms in total. The molecule has 1 aromatic carbocycles. The number of benzene rings is 1. The molecule has 0 aliphatic heterocycles. The number of thiazole rings is 1. The van der Waals surface area contributed by atoms with Crippen LogP contribution >= 0.6 is 11.3 Å². The second-order valence-electron chi connectivity index (χ2n) is 3.71. The van der Waals surface area contributed by atoms with Crippen LogP contribution in [0.25, 0.3) is 0 Å². The summed E-state index contributed by atoms with van der Waals surface area (Å²) < 4.78 is 18.6. The number of Topliss-reactive ketones (excluding diaryl/α,β-unsaturated/α-hetero) is 1. The fourth-order valence-corrected chi connectivity index (χ4v) is 2.22. The largest absolute Gasteiger partial charge is 0.490 e. The molecule has 5 heteroatoms. The minimum Gasteiger partial charge on any atom is -0.490 e. The number of ketones is 1. The van der Waals surface area contributed by atoms with E-state index in [1.54, 1.807) is 23.6 Å². The zero-order valence-electron chi connectivity index (χ0n) is 9.85. The van der Waals surface area contributed by atoms with Crippen molar-refractivity contribution in [3.05, 3.63) is 46.2 Å². The molecule has 0 saturated carbocycles. The van der Waals surface area contributed by atoms with Crippen molar-refractivity contribution in [1.82, 2.24) is 4.98 Å². The van der Waals surface area contributed by atoms with Crippen LogP contribution in [0, 0.1) is 5.82 Å².